The molecule has 4 rings (SSSR count). The number of benzene rings is 1. The van der Waals surface area contributed by atoms with Crippen LogP contribution in [0.25, 0.3) is 0 Å². The molecule has 1 aliphatic heterocycles. The topological polar surface area (TPSA) is 59.0 Å². The van der Waals surface area contributed by atoms with Crippen molar-refractivity contribution >= 4 is 18.3 Å². The normalized spacial score (nSPS) is 21.4. The summed E-state index contributed by atoms with van der Waals surface area (Å²) in [7, 11) is 0. The van der Waals surface area contributed by atoms with E-state index in [-0.39, 0.29) is 23.9 Å². The van der Waals surface area contributed by atoms with Crippen molar-refractivity contribution in [3.8, 4) is 0 Å². The molecule has 1 aromatic heterocycles. The fourth-order valence-corrected chi connectivity index (χ4v) is 4.41. The molecule has 1 unspecified atom stereocenters. The summed E-state index contributed by atoms with van der Waals surface area (Å²) in [5, 5.41) is 11.3. The van der Waals surface area contributed by atoms with Gasteiger partial charge >= 0.3 is 0 Å². The highest BCUT2D eigenvalue weighted by Crippen LogP contribution is 2.39. The van der Waals surface area contributed by atoms with Crippen molar-refractivity contribution in [2.75, 3.05) is 13.1 Å². The molecule has 1 atom stereocenters. The van der Waals surface area contributed by atoms with Gasteiger partial charge < -0.3 is 10.6 Å². The summed E-state index contributed by atoms with van der Waals surface area (Å²) in [4.78, 5) is 13.0. The number of nitrogens with one attached hydrogen (secondary N) is 2. The van der Waals surface area contributed by atoms with Crippen LogP contribution in [-0.4, -0.2) is 28.8 Å². The molecule has 0 spiro atoms. The highest BCUT2D eigenvalue weighted by molar-refractivity contribution is 5.92. The molecular weight excluding hydrogens is 360 g/mol. The van der Waals surface area contributed by atoms with Crippen molar-refractivity contribution in [1.82, 2.24) is 20.4 Å². The maximum Gasteiger partial charge on any atom is 0.272 e. The first kappa shape index (κ1) is 19.9. The lowest BCUT2D eigenvalue weighted by atomic mass is 9.87. The fourth-order valence-electron chi connectivity index (χ4n) is 4.41. The molecule has 2 fully saturated rings. The van der Waals surface area contributed by atoms with E-state index in [0.29, 0.717) is 11.7 Å². The Hall–Kier alpha value is -1.85. The van der Waals surface area contributed by atoms with E-state index in [2.05, 4.69) is 46.9 Å². The van der Waals surface area contributed by atoms with Crippen LogP contribution < -0.4 is 10.6 Å². The van der Waals surface area contributed by atoms with E-state index in [0.717, 1.165) is 51.6 Å². The lowest BCUT2D eigenvalue weighted by Crippen LogP contribution is -2.44. The highest BCUT2D eigenvalue weighted by atomic mass is 35.5. The van der Waals surface area contributed by atoms with Crippen molar-refractivity contribution in [2.45, 2.75) is 57.0 Å². The zero-order chi connectivity index (χ0) is 18.0. The van der Waals surface area contributed by atoms with E-state index in [1.54, 1.807) is 0 Å². The van der Waals surface area contributed by atoms with Crippen LogP contribution in [0.4, 0.5) is 0 Å². The number of nitrogens with zero attached hydrogens (tertiary/aromatic N) is 2. The zero-order valence-corrected chi connectivity index (χ0v) is 16.7. The number of hydrogen-bond acceptors (Lipinski definition) is 3. The van der Waals surface area contributed by atoms with Crippen LogP contribution in [0, 0.1) is 6.92 Å². The van der Waals surface area contributed by atoms with Gasteiger partial charge in [-0.3, -0.25) is 9.48 Å². The van der Waals surface area contributed by atoms with Gasteiger partial charge in [0.2, 0.25) is 0 Å². The Labute approximate surface area is 167 Å². The molecule has 6 heteroatoms. The first-order chi connectivity index (χ1) is 12.7. The number of hydrogen-bond donors (Lipinski definition) is 2. The third kappa shape index (κ3) is 4.19. The van der Waals surface area contributed by atoms with Gasteiger partial charge in [0.25, 0.3) is 5.91 Å². The van der Waals surface area contributed by atoms with Crippen LogP contribution >= 0.6 is 12.4 Å². The van der Waals surface area contributed by atoms with Crippen LogP contribution in [0.1, 0.15) is 66.2 Å². The quantitative estimate of drug-likeness (QED) is 0.838. The third-order valence-electron chi connectivity index (χ3n) is 5.87. The van der Waals surface area contributed by atoms with Gasteiger partial charge in [-0.05, 0) is 50.8 Å². The van der Waals surface area contributed by atoms with Gasteiger partial charge in [0.1, 0.15) is 5.69 Å². The van der Waals surface area contributed by atoms with Crippen molar-refractivity contribution < 1.29 is 4.79 Å². The largest absolute Gasteiger partial charge is 0.341 e. The van der Waals surface area contributed by atoms with E-state index >= 15 is 0 Å². The van der Waals surface area contributed by atoms with Crippen LogP contribution in [0.3, 0.4) is 0 Å². The van der Waals surface area contributed by atoms with Gasteiger partial charge in [0.15, 0.2) is 0 Å². The van der Waals surface area contributed by atoms with Crippen molar-refractivity contribution in [1.29, 1.82) is 0 Å². The second kappa shape index (κ2) is 8.44. The van der Waals surface area contributed by atoms with E-state index in [1.807, 2.05) is 16.9 Å². The second-order valence-corrected chi connectivity index (χ2v) is 7.79. The minimum Gasteiger partial charge on any atom is -0.341 e. The summed E-state index contributed by atoms with van der Waals surface area (Å²) in [6.07, 6.45) is 8.50. The average Bonchev–Trinajstić information content (AvgIpc) is 3.33. The van der Waals surface area contributed by atoms with Gasteiger partial charge in [0.05, 0.1) is 11.6 Å². The Balaban J connectivity index is 0.00000210. The average molecular weight is 389 g/mol. The van der Waals surface area contributed by atoms with E-state index in [9.17, 15) is 4.79 Å². The Bertz CT molecular complexity index is 776. The molecule has 2 aliphatic rings. The Morgan fingerprint density at radius 3 is 2.78 bits per heavy atom. The molecule has 1 amide bonds. The Kier molecular flexibility index (Phi) is 6.22. The number of carbonyl (C=O) groups is 1. The summed E-state index contributed by atoms with van der Waals surface area (Å²) < 4.78 is 1.95. The standard InChI is InChI=1S/C21H28N4O.ClH/c1-16-6-4-7-17(14-16)21(10-2-3-11-21)23-20(26)19-9-13-25(24-19)18-8-5-12-22-15-18;/h4,6-7,9,13-14,18,22H,2-3,5,8,10-12,15H2,1H3,(H,23,26);1H. The molecule has 2 heterocycles. The number of rotatable bonds is 4. The first-order valence-electron chi connectivity index (χ1n) is 9.82. The molecule has 2 aromatic rings. The van der Waals surface area contributed by atoms with Crippen molar-refractivity contribution in [3.05, 3.63) is 53.3 Å². The number of aryl methyl sites for hydroxylation is 1. The molecule has 1 aliphatic carbocycles. The zero-order valence-electron chi connectivity index (χ0n) is 15.9. The lowest BCUT2D eigenvalue weighted by Gasteiger charge is -2.31. The van der Waals surface area contributed by atoms with Crippen LogP contribution in [0.15, 0.2) is 36.5 Å². The summed E-state index contributed by atoms with van der Waals surface area (Å²) >= 11 is 0. The SMILES string of the molecule is Cc1cccc(C2(NC(=O)c3ccn(C4CCCNC4)n3)CCCC2)c1.Cl. The number of amides is 1. The molecule has 5 nitrogen and oxygen atoms in total. The van der Waals surface area contributed by atoms with Gasteiger partial charge in [-0.1, -0.05) is 42.7 Å². The van der Waals surface area contributed by atoms with Crippen LogP contribution in [0.5, 0.6) is 0 Å². The smallest absolute Gasteiger partial charge is 0.272 e. The molecular formula is C21H29ClN4O. The summed E-state index contributed by atoms with van der Waals surface area (Å²) in [5.41, 5.74) is 2.73. The monoisotopic (exact) mass is 388 g/mol. The molecule has 0 radical (unpaired) electrons. The number of halogens is 1. The van der Waals surface area contributed by atoms with Crippen LogP contribution in [0.2, 0.25) is 0 Å². The van der Waals surface area contributed by atoms with E-state index in [4.69, 9.17) is 0 Å². The predicted molar refractivity (Wildman–Crippen MR) is 109 cm³/mol. The summed E-state index contributed by atoms with van der Waals surface area (Å²) in [5.74, 6) is -0.0593. The van der Waals surface area contributed by atoms with Gasteiger partial charge in [-0.2, -0.15) is 5.10 Å². The van der Waals surface area contributed by atoms with E-state index in [1.165, 1.54) is 11.1 Å². The Morgan fingerprint density at radius 1 is 1.26 bits per heavy atom. The summed E-state index contributed by atoms with van der Waals surface area (Å²) in [6.45, 7) is 4.11. The molecule has 2 N–H and O–H groups in total. The van der Waals surface area contributed by atoms with Crippen molar-refractivity contribution in [2.24, 2.45) is 0 Å². The van der Waals surface area contributed by atoms with Gasteiger partial charge in [-0.25, -0.2) is 0 Å². The maximum absolute atomic E-state index is 13.0. The van der Waals surface area contributed by atoms with Crippen molar-refractivity contribution in [3.63, 3.8) is 0 Å². The van der Waals surface area contributed by atoms with Crippen LogP contribution in [-0.2, 0) is 5.54 Å². The Morgan fingerprint density at radius 2 is 2.07 bits per heavy atom. The van der Waals surface area contributed by atoms with Gasteiger partial charge in [-0.15, -0.1) is 12.4 Å². The highest BCUT2D eigenvalue weighted by Gasteiger charge is 2.37. The number of aromatic nitrogens is 2. The van der Waals surface area contributed by atoms with Gasteiger partial charge in [0, 0.05) is 12.7 Å². The fraction of sp³-hybridized carbons (Fsp3) is 0.524. The number of carbonyl (C=O) groups excluding carboxylic acids is 1. The third-order valence-corrected chi connectivity index (χ3v) is 5.87. The maximum atomic E-state index is 13.0. The summed E-state index contributed by atoms with van der Waals surface area (Å²) in [6, 6.07) is 10.7. The number of piperidine rings is 1. The molecule has 1 saturated heterocycles. The molecule has 27 heavy (non-hydrogen) atoms. The molecule has 0 bridgehead atoms. The predicted octanol–water partition coefficient (Wildman–Crippen LogP) is 3.74. The lowest BCUT2D eigenvalue weighted by molar-refractivity contribution is 0.0891. The molecule has 146 valence electrons. The second-order valence-electron chi connectivity index (χ2n) is 7.79. The van der Waals surface area contributed by atoms with E-state index < -0.39 is 0 Å². The minimum absolute atomic E-state index is 0. The minimum atomic E-state index is -0.251. The molecule has 1 saturated carbocycles. The molecule has 1 aromatic carbocycles. The first-order valence-corrected chi connectivity index (χ1v) is 9.82.